The van der Waals surface area contributed by atoms with Gasteiger partial charge in [-0.05, 0) is 101 Å². The van der Waals surface area contributed by atoms with Gasteiger partial charge in [0.2, 0.25) is 0 Å². The maximum Gasteiger partial charge on any atom is 0.127 e. The Balaban J connectivity index is 1.70. The van der Waals surface area contributed by atoms with Crippen molar-refractivity contribution in [3.8, 4) is 45.3 Å². The van der Waals surface area contributed by atoms with Gasteiger partial charge in [0.15, 0.2) is 0 Å². The Morgan fingerprint density at radius 1 is 0.650 bits per heavy atom. The summed E-state index contributed by atoms with van der Waals surface area (Å²) in [6, 6.07) is 19.2. The van der Waals surface area contributed by atoms with Crippen molar-refractivity contribution in [2.45, 2.75) is 59.3 Å². The molecule has 0 radical (unpaired) electrons. The molecule has 0 aromatic heterocycles. The molecular weight excluding hydrogens is 496 g/mol. The van der Waals surface area contributed by atoms with Crippen LogP contribution in [0.25, 0.3) is 33.0 Å². The minimum absolute atomic E-state index is 0.154. The van der Waals surface area contributed by atoms with Crippen molar-refractivity contribution in [1.82, 2.24) is 0 Å². The molecule has 40 heavy (non-hydrogen) atoms. The number of hydrogen-bond acceptors (Lipinski definition) is 4. The molecule has 0 bridgehead atoms. The van der Waals surface area contributed by atoms with Gasteiger partial charge < -0.3 is 19.3 Å². The van der Waals surface area contributed by atoms with Crippen molar-refractivity contribution in [3.63, 3.8) is 0 Å². The Morgan fingerprint density at radius 2 is 1.25 bits per heavy atom. The van der Waals surface area contributed by atoms with E-state index in [-0.39, 0.29) is 16.2 Å². The summed E-state index contributed by atoms with van der Waals surface area (Å²) in [6.07, 6.45) is 3.28. The summed E-state index contributed by atoms with van der Waals surface area (Å²) in [5.41, 5.74) is 8.13. The van der Waals surface area contributed by atoms with Crippen molar-refractivity contribution in [2.24, 2.45) is 10.8 Å². The highest BCUT2D eigenvalue weighted by molar-refractivity contribution is 6.07. The fourth-order valence-corrected chi connectivity index (χ4v) is 8.50. The van der Waals surface area contributed by atoms with Crippen molar-refractivity contribution in [2.75, 3.05) is 21.3 Å². The van der Waals surface area contributed by atoms with Gasteiger partial charge in [0.05, 0.1) is 21.3 Å². The van der Waals surface area contributed by atoms with Gasteiger partial charge in [-0.3, -0.25) is 0 Å². The van der Waals surface area contributed by atoms with Crippen LogP contribution in [0.15, 0.2) is 54.6 Å². The lowest BCUT2D eigenvalue weighted by Crippen LogP contribution is -2.43. The number of phenols is 1. The summed E-state index contributed by atoms with van der Waals surface area (Å²) in [5, 5.41) is 13.4. The largest absolute Gasteiger partial charge is 0.507 e. The van der Waals surface area contributed by atoms with Gasteiger partial charge >= 0.3 is 0 Å². The average Bonchev–Trinajstić information content (AvgIpc) is 3.14. The maximum atomic E-state index is 11.6. The molecule has 2 aliphatic carbocycles. The number of rotatable bonds is 4. The highest BCUT2D eigenvalue weighted by Crippen LogP contribution is 2.65. The molecule has 1 spiro atoms. The lowest BCUT2D eigenvalue weighted by atomic mass is 9.52. The van der Waals surface area contributed by atoms with E-state index in [1.165, 1.54) is 28.7 Å². The molecule has 0 amide bonds. The zero-order chi connectivity index (χ0) is 28.6. The quantitative estimate of drug-likeness (QED) is 0.283. The van der Waals surface area contributed by atoms with Gasteiger partial charge in [-0.25, -0.2) is 0 Å². The Kier molecular flexibility index (Phi) is 5.92. The molecule has 4 nitrogen and oxygen atoms in total. The van der Waals surface area contributed by atoms with Gasteiger partial charge in [0.25, 0.3) is 0 Å². The lowest BCUT2D eigenvalue weighted by molar-refractivity contribution is 0.0645. The number of hydrogen-bond donors (Lipinski definition) is 1. The molecule has 4 heteroatoms. The van der Waals surface area contributed by atoms with E-state index in [0.717, 1.165) is 51.8 Å². The monoisotopic (exact) mass is 536 g/mol. The molecule has 1 N–H and O–H groups in total. The van der Waals surface area contributed by atoms with Gasteiger partial charge in [0.1, 0.15) is 23.0 Å². The van der Waals surface area contributed by atoms with Gasteiger partial charge in [-0.2, -0.15) is 0 Å². The van der Waals surface area contributed by atoms with Crippen LogP contribution in [-0.2, 0) is 5.41 Å². The van der Waals surface area contributed by atoms with Crippen LogP contribution in [0.1, 0.15) is 63.6 Å². The highest BCUT2D eigenvalue weighted by Gasteiger charge is 2.53. The number of aromatic hydroxyl groups is 1. The lowest BCUT2D eigenvalue weighted by Gasteiger charge is -2.51. The van der Waals surface area contributed by atoms with E-state index in [0.29, 0.717) is 11.5 Å². The molecule has 4 aromatic carbocycles. The van der Waals surface area contributed by atoms with Crippen LogP contribution in [-0.4, -0.2) is 26.4 Å². The van der Waals surface area contributed by atoms with Crippen LogP contribution >= 0.6 is 0 Å². The molecule has 1 fully saturated rings. The molecule has 0 heterocycles. The molecular formula is C36H40O4. The second-order valence-corrected chi connectivity index (χ2v) is 13.4. The number of methoxy groups -OCH3 is 3. The minimum atomic E-state index is -0.154. The molecule has 2 aliphatic rings. The summed E-state index contributed by atoms with van der Waals surface area (Å²) in [5.74, 6) is 2.50. The van der Waals surface area contributed by atoms with E-state index >= 15 is 0 Å². The molecule has 0 atom stereocenters. The molecule has 4 aromatic rings. The van der Waals surface area contributed by atoms with E-state index in [1.54, 1.807) is 21.3 Å². The molecule has 0 saturated heterocycles. The summed E-state index contributed by atoms with van der Waals surface area (Å²) < 4.78 is 17.3. The first-order chi connectivity index (χ1) is 18.9. The third-order valence-corrected chi connectivity index (χ3v) is 9.24. The average molecular weight is 537 g/mol. The first-order valence-corrected chi connectivity index (χ1v) is 14.1. The van der Waals surface area contributed by atoms with E-state index in [1.807, 2.05) is 31.2 Å². The fourth-order valence-electron chi connectivity index (χ4n) is 8.50. The van der Waals surface area contributed by atoms with E-state index in [9.17, 15) is 5.11 Å². The van der Waals surface area contributed by atoms with Crippen molar-refractivity contribution < 1.29 is 19.3 Å². The Hall–Kier alpha value is -3.66. The topological polar surface area (TPSA) is 47.9 Å². The van der Waals surface area contributed by atoms with Gasteiger partial charge in [-0.1, -0.05) is 52.0 Å². The van der Waals surface area contributed by atoms with Gasteiger partial charge in [0, 0.05) is 21.9 Å². The summed E-state index contributed by atoms with van der Waals surface area (Å²) in [4.78, 5) is 0. The number of benzene rings is 4. The van der Waals surface area contributed by atoms with Crippen LogP contribution in [0.3, 0.4) is 0 Å². The Labute approximate surface area is 237 Å². The Morgan fingerprint density at radius 3 is 1.85 bits per heavy atom. The van der Waals surface area contributed by atoms with Crippen LogP contribution in [0.4, 0.5) is 0 Å². The number of fused-ring (bicyclic) bond motifs is 7. The van der Waals surface area contributed by atoms with Crippen molar-refractivity contribution >= 4 is 10.8 Å². The SMILES string of the molecule is COc1cc2c(O)cc3c(c2cc1-c1cc(OC)c(C)c(OC)c1)-c1ccccc1C31CC(C)(C)CC(C)(C)C1. The molecule has 6 rings (SSSR count). The zero-order valence-electron chi connectivity index (χ0n) is 25.0. The van der Waals surface area contributed by atoms with Crippen molar-refractivity contribution in [1.29, 1.82) is 0 Å². The number of ether oxygens (including phenoxy) is 3. The molecule has 208 valence electrons. The summed E-state index contributed by atoms with van der Waals surface area (Å²) in [6.45, 7) is 11.6. The number of phenolic OH excluding ortho intramolecular Hbond substituents is 1. The minimum Gasteiger partial charge on any atom is -0.507 e. The summed E-state index contributed by atoms with van der Waals surface area (Å²) in [7, 11) is 5.03. The third-order valence-electron chi connectivity index (χ3n) is 9.24. The standard InChI is InChI=1S/C36H40O4/c1-21-30(38-6)13-22(14-31(21)39-7)24-15-26-25(16-32(24)40-8)29(37)17-28-33(26)23-11-9-10-12-27(23)36(28)19-34(2,3)18-35(4,5)20-36/h9-17,37H,18-20H2,1-8H3. The predicted octanol–water partition coefficient (Wildman–Crippen LogP) is 9.05. The smallest absolute Gasteiger partial charge is 0.127 e. The van der Waals surface area contributed by atoms with Crippen LogP contribution in [0.5, 0.6) is 23.0 Å². The zero-order valence-corrected chi connectivity index (χ0v) is 25.0. The van der Waals surface area contributed by atoms with Gasteiger partial charge in [-0.15, -0.1) is 0 Å². The normalized spacial score (nSPS) is 17.9. The van der Waals surface area contributed by atoms with Crippen LogP contribution in [0.2, 0.25) is 0 Å². The van der Waals surface area contributed by atoms with Crippen LogP contribution in [0, 0.1) is 17.8 Å². The third kappa shape index (κ3) is 3.87. The summed E-state index contributed by atoms with van der Waals surface area (Å²) >= 11 is 0. The second-order valence-electron chi connectivity index (χ2n) is 13.4. The van der Waals surface area contributed by atoms with E-state index in [4.69, 9.17) is 14.2 Å². The van der Waals surface area contributed by atoms with E-state index in [2.05, 4.69) is 58.0 Å². The fraction of sp³-hybridized carbons (Fsp3) is 0.389. The predicted molar refractivity (Wildman–Crippen MR) is 163 cm³/mol. The Bertz CT molecular complexity index is 1620. The van der Waals surface area contributed by atoms with E-state index < -0.39 is 0 Å². The maximum absolute atomic E-state index is 11.6. The first kappa shape index (κ1) is 26.6. The first-order valence-electron chi connectivity index (χ1n) is 14.1. The van der Waals surface area contributed by atoms with Crippen LogP contribution < -0.4 is 14.2 Å². The molecule has 1 saturated carbocycles. The molecule has 0 unspecified atom stereocenters. The molecule has 0 aliphatic heterocycles. The van der Waals surface area contributed by atoms with Crippen molar-refractivity contribution in [3.05, 3.63) is 71.3 Å². The second kappa shape index (κ2) is 8.92. The highest BCUT2D eigenvalue weighted by atomic mass is 16.5.